The van der Waals surface area contributed by atoms with E-state index in [4.69, 9.17) is 5.11 Å². The Morgan fingerprint density at radius 3 is 2.26 bits per heavy atom. The Labute approximate surface area is 108 Å². The average Bonchev–Trinajstić information content (AvgIpc) is 2.75. The molecule has 0 saturated heterocycles. The van der Waals surface area contributed by atoms with E-state index in [0.29, 0.717) is 25.3 Å². The van der Waals surface area contributed by atoms with Crippen molar-refractivity contribution in [1.82, 2.24) is 0 Å². The van der Waals surface area contributed by atoms with Gasteiger partial charge in [0.2, 0.25) is 5.91 Å². The van der Waals surface area contributed by atoms with Crippen molar-refractivity contribution in [3.05, 3.63) is 29.8 Å². The van der Waals surface area contributed by atoms with E-state index < -0.39 is 35.3 Å². The number of carboxylic acids is 1. The highest BCUT2D eigenvalue weighted by atomic mass is 19.1. The topological polar surface area (TPSA) is 66.4 Å². The number of aliphatic carboxylic acids is 1. The third-order valence-corrected chi connectivity index (χ3v) is 3.30. The molecule has 19 heavy (non-hydrogen) atoms. The van der Waals surface area contributed by atoms with Crippen LogP contribution >= 0.6 is 0 Å². The number of rotatable bonds is 3. The molecular formula is C13H13F2NO3. The first-order chi connectivity index (χ1) is 8.97. The van der Waals surface area contributed by atoms with Gasteiger partial charge in [0.05, 0.1) is 11.8 Å². The number of halogens is 2. The molecule has 0 radical (unpaired) electrons. The van der Waals surface area contributed by atoms with Crippen LogP contribution in [-0.4, -0.2) is 17.0 Å². The number of amides is 1. The molecule has 0 aromatic heterocycles. The number of nitrogens with one attached hydrogen (secondary N) is 1. The largest absolute Gasteiger partial charge is 0.481 e. The monoisotopic (exact) mass is 269 g/mol. The van der Waals surface area contributed by atoms with Crippen molar-refractivity contribution in [3.8, 4) is 0 Å². The molecule has 1 amide bonds. The van der Waals surface area contributed by atoms with Gasteiger partial charge in [-0.2, -0.15) is 0 Å². The van der Waals surface area contributed by atoms with Gasteiger partial charge in [-0.1, -0.05) is 6.42 Å². The van der Waals surface area contributed by atoms with Crippen molar-refractivity contribution in [1.29, 1.82) is 0 Å². The van der Waals surface area contributed by atoms with Gasteiger partial charge in [0.25, 0.3) is 0 Å². The van der Waals surface area contributed by atoms with Crippen molar-refractivity contribution in [2.45, 2.75) is 19.3 Å². The molecule has 0 heterocycles. The zero-order chi connectivity index (χ0) is 14.0. The van der Waals surface area contributed by atoms with Crippen molar-refractivity contribution >= 4 is 17.6 Å². The minimum atomic E-state index is -1.01. The maximum atomic E-state index is 13.0. The van der Waals surface area contributed by atoms with E-state index in [2.05, 4.69) is 5.32 Å². The molecule has 6 heteroatoms. The Bertz CT molecular complexity index is 498. The van der Waals surface area contributed by atoms with Crippen LogP contribution in [0.4, 0.5) is 14.5 Å². The van der Waals surface area contributed by atoms with E-state index in [1.807, 2.05) is 0 Å². The van der Waals surface area contributed by atoms with Gasteiger partial charge in [0, 0.05) is 11.8 Å². The lowest BCUT2D eigenvalue weighted by molar-refractivity contribution is -0.145. The van der Waals surface area contributed by atoms with Crippen LogP contribution in [0.1, 0.15) is 19.3 Å². The summed E-state index contributed by atoms with van der Waals surface area (Å²) in [5, 5.41) is 11.4. The van der Waals surface area contributed by atoms with Crippen LogP contribution in [0.15, 0.2) is 18.2 Å². The molecule has 102 valence electrons. The van der Waals surface area contributed by atoms with Crippen molar-refractivity contribution in [2.75, 3.05) is 5.32 Å². The molecule has 1 aromatic rings. The Balaban J connectivity index is 2.10. The highest BCUT2D eigenvalue weighted by Gasteiger charge is 2.37. The summed E-state index contributed by atoms with van der Waals surface area (Å²) in [5.74, 6) is -4.48. The second kappa shape index (κ2) is 5.34. The summed E-state index contributed by atoms with van der Waals surface area (Å²) in [7, 11) is 0. The van der Waals surface area contributed by atoms with E-state index in [1.165, 1.54) is 0 Å². The predicted molar refractivity (Wildman–Crippen MR) is 63.5 cm³/mol. The summed E-state index contributed by atoms with van der Waals surface area (Å²) >= 11 is 0. The molecule has 2 unspecified atom stereocenters. The normalized spacial score (nSPS) is 22.2. The Kier molecular flexibility index (Phi) is 3.78. The molecule has 2 N–H and O–H groups in total. The van der Waals surface area contributed by atoms with Crippen LogP contribution < -0.4 is 5.32 Å². The zero-order valence-electron chi connectivity index (χ0n) is 10.0. The van der Waals surface area contributed by atoms with Crippen LogP contribution in [0.2, 0.25) is 0 Å². The maximum absolute atomic E-state index is 13.0. The Morgan fingerprint density at radius 1 is 1.11 bits per heavy atom. The molecular weight excluding hydrogens is 256 g/mol. The van der Waals surface area contributed by atoms with Crippen LogP contribution in [0.25, 0.3) is 0 Å². The van der Waals surface area contributed by atoms with E-state index >= 15 is 0 Å². The number of benzene rings is 1. The fourth-order valence-corrected chi connectivity index (χ4v) is 2.43. The molecule has 2 atom stereocenters. The Hall–Kier alpha value is -1.98. The maximum Gasteiger partial charge on any atom is 0.307 e. The Morgan fingerprint density at radius 2 is 1.68 bits per heavy atom. The first-order valence-corrected chi connectivity index (χ1v) is 5.97. The molecule has 1 aliphatic rings. The summed E-state index contributed by atoms with van der Waals surface area (Å²) in [6.07, 6.45) is 1.58. The van der Waals surface area contributed by atoms with Crippen LogP contribution in [0.5, 0.6) is 0 Å². The third-order valence-electron chi connectivity index (χ3n) is 3.30. The summed E-state index contributed by atoms with van der Waals surface area (Å²) in [5.41, 5.74) is -0.00135. The lowest BCUT2D eigenvalue weighted by Crippen LogP contribution is -2.30. The lowest BCUT2D eigenvalue weighted by atomic mass is 9.95. The van der Waals surface area contributed by atoms with Gasteiger partial charge in [0.15, 0.2) is 0 Å². The number of hydrogen-bond acceptors (Lipinski definition) is 2. The fourth-order valence-electron chi connectivity index (χ4n) is 2.43. The summed E-state index contributed by atoms with van der Waals surface area (Å²) in [6, 6.07) is 2.68. The molecule has 1 saturated carbocycles. The van der Waals surface area contributed by atoms with Crippen LogP contribution in [-0.2, 0) is 9.59 Å². The van der Waals surface area contributed by atoms with Crippen LogP contribution in [0.3, 0.4) is 0 Å². The minimum Gasteiger partial charge on any atom is -0.481 e. The van der Waals surface area contributed by atoms with Crippen molar-refractivity contribution < 1.29 is 23.5 Å². The molecule has 1 fully saturated rings. The first-order valence-electron chi connectivity index (χ1n) is 5.97. The second-order valence-corrected chi connectivity index (χ2v) is 4.63. The second-order valence-electron chi connectivity index (χ2n) is 4.63. The third kappa shape index (κ3) is 3.07. The van der Waals surface area contributed by atoms with Gasteiger partial charge in [-0.25, -0.2) is 8.78 Å². The highest BCUT2D eigenvalue weighted by Crippen LogP contribution is 2.32. The lowest BCUT2D eigenvalue weighted by Gasteiger charge is -2.15. The minimum absolute atomic E-state index is 0.00135. The number of carbonyl (C=O) groups is 2. The van der Waals surface area contributed by atoms with Gasteiger partial charge in [-0.05, 0) is 25.0 Å². The van der Waals surface area contributed by atoms with E-state index in [-0.39, 0.29) is 5.69 Å². The van der Waals surface area contributed by atoms with E-state index in [1.54, 1.807) is 0 Å². The average molecular weight is 269 g/mol. The number of hydrogen-bond donors (Lipinski definition) is 2. The van der Waals surface area contributed by atoms with Gasteiger partial charge < -0.3 is 10.4 Å². The fraction of sp³-hybridized carbons (Fsp3) is 0.385. The van der Waals surface area contributed by atoms with Crippen LogP contribution in [0, 0.1) is 23.5 Å². The van der Waals surface area contributed by atoms with E-state index in [9.17, 15) is 18.4 Å². The summed E-state index contributed by atoms with van der Waals surface area (Å²) < 4.78 is 26.0. The number of anilines is 1. The highest BCUT2D eigenvalue weighted by molar-refractivity contribution is 5.95. The molecule has 2 rings (SSSR count). The molecule has 0 spiro atoms. The number of carboxylic acid groups (broad SMARTS) is 1. The summed E-state index contributed by atoms with van der Waals surface area (Å²) in [6.45, 7) is 0. The van der Waals surface area contributed by atoms with Crippen molar-refractivity contribution in [3.63, 3.8) is 0 Å². The molecule has 4 nitrogen and oxygen atoms in total. The quantitative estimate of drug-likeness (QED) is 0.885. The van der Waals surface area contributed by atoms with E-state index in [0.717, 1.165) is 12.1 Å². The standard InChI is InChI=1S/C13H13F2NO3/c14-7-4-8(15)6-9(5-7)16-12(17)10-2-1-3-11(10)13(18)19/h4-6,10-11H,1-3H2,(H,16,17)(H,18,19). The van der Waals surface area contributed by atoms with Crippen molar-refractivity contribution in [2.24, 2.45) is 11.8 Å². The SMILES string of the molecule is O=C(O)C1CCCC1C(=O)Nc1cc(F)cc(F)c1. The summed E-state index contributed by atoms with van der Waals surface area (Å²) in [4.78, 5) is 22.9. The number of carbonyl (C=O) groups excluding carboxylic acids is 1. The van der Waals surface area contributed by atoms with Gasteiger partial charge in [0.1, 0.15) is 11.6 Å². The van der Waals surface area contributed by atoms with Gasteiger partial charge in [-0.15, -0.1) is 0 Å². The molecule has 1 aromatic carbocycles. The molecule has 0 bridgehead atoms. The van der Waals surface area contributed by atoms with Gasteiger partial charge >= 0.3 is 5.97 Å². The predicted octanol–water partition coefficient (Wildman–Crippen LogP) is 2.40. The molecule has 1 aliphatic carbocycles. The molecule has 0 aliphatic heterocycles. The van der Waals surface area contributed by atoms with Gasteiger partial charge in [-0.3, -0.25) is 9.59 Å². The zero-order valence-corrected chi connectivity index (χ0v) is 10.0. The smallest absolute Gasteiger partial charge is 0.307 e. The first kappa shape index (κ1) is 13.5.